The molecule has 230 valence electrons. The van der Waals surface area contributed by atoms with Crippen molar-refractivity contribution in [2.75, 3.05) is 20.6 Å². The summed E-state index contributed by atoms with van der Waals surface area (Å²) in [5.74, 6) is -0.681. The number of rotatable bonds is 30. The van der Waals surface area contributed by atoms with Gasteiger partial charge in [0.15, 0.2) is 0 Å². The molecule has 0 fully saturated rings. The first kappa shape index (κ1) is 37.6. The summed E-state index contributed by atoms with van der Waals surface area (Å²) in [5, 5.41) is 8.64. The number of carbonyl (C=O) groups is 2. The first-order valence-corrected chi connectivity index (χ1v) is 16.7. The Kier molecular flexibility index (Phi) is 28.6. The quantitative estimate of drug-likeness (QED) is 0.0546. The zero-order valence-electron chi connectivity index (χ0n) is 26.2. The van der Waals surface area contributed by atoms with Crippen LogP contribution in [0.15, 0.2) is 12.2 Å². The fraction of sp³-hybridized carbons (Fsp3) is 0.882. The number of esters is 1. The van der Waals surface area contributed by atoms with E-state index in [1.54, 1.807) is 0 Å². The van der Waals surface area contributed by atoms with E-state index in [1.807, 2.05) is 14.1 Å². The second-order valence-corrected chi connectivity index (χ2v) is 11.8. The number of nitrogens with zero attached hydrogens (tertiary/aromatic N) is 1. The van der Waals surface area contributed by atoms with Crippen molar-refractivity contribution >= 4 is 11.9 Å². The van der Waals surface area contributed by atoms with E-state index in [-0.39, 0.29) is 12.1 Å². The van der Waals surface area contributed by atoms with Gasteiger partial charge in [0.2, 0.25) is 0 Å². The molecule has 0 aromatic rings. The average molecular weight is 552 g/mol. The first-order valence-electron chi connectivity index (χ1n) is 16.7. The Hall–Kier alpha value is -1.36. The summed E-state index contributed by atoms with van der Waals surface area (Å²) >= 11 is 0. The van der Waals surface area contributed by atoms with E-state index in [0.717, 1.165) is 45.1 Å². The molecule has 0 amide bonds. The van der Waals surface area contributed by atoms with Gasteiger partial charge in [0, 0.05) is 12.8 Å². The Morgan fingerprint density at radius 3 is 1.59 bits per heavy atom. The molecule has 1 N–H and O–H groups in total. The molecule has 0 rings (SSSR count). The molecule has 0 aliphatic carbocycles. The van der Waals surface area contributed by atoms with Gasteiger partial charge >= 0.3 is 11.9 Å². The van der Waals surface area contributed by atoms with Crippen molar-refractivity contribution in [1.82, 2.24) is 4.90 Å². The van der Waals surface area contributed by atoms with E-state index in [2.05, 4.69) is 24.0 Å². The SMILES string of the molecule is CCCCCCCCCC(CCCCCC/C=C\CCCCCCCCCC(=O)O)OC(=O)CCCN(C)C. The molecular formula is C34H65NO4. The Morgan fingerprint density at radius 2 is 1.10 bits per heavy atom. The number of ether oxygens (including phenoxy) is 1. The fourth-order valence-electron chi connectivity index (χ4n) is 5.02. The van der Waals surface area contributed by atoms with Crippen LogP contribution in [-0.2, 0) is 14.3 Å². The molecule has 39 heavy (non-hydrogen) atoms. The number of carbonyl (C=O) groups excluding carboxylic acids is 1. The second-order valence-electron chi connectivity index (χ2n) is 11.8. The van der Waals surface area contributed by atoms with Gasteiger partial charge in [0.1, 0.15) is 6.10 Å². The zero-order valence-corrected chi connectivity index (χ0v) is 26.2. The molecule has 0 bridgehead atoms. The first-order chi connectivity index (χ1) is 19.0. The standard InChI is InChI=1S/C34H65NO4/c1-4-5-6-7-17-20-23-27-32(39-34(38)30-26-31-35(2)3)28-24-21-18-15-13-11-9-8-10-12-14-16-19-22-25-29-33(36)37/h9,11,32H,4-8,10,12-31H2,1-3H3,(H,36,37)/b11-9-. The van der Waals surface area contributed by atoms with Crippen LogP contribution in [0.25, 0.3) is 0 Å². The van der Waals surface area contributed by atoms with Crippen LogP contribution >= 0.6 is 0 Å². The van der Waals surface area contributed by atoms with Gasteiger partial charge in [-0.05, 0) is 84.8 Å². The third-order valence-corrected chi connectivity index (χ3v) is 7.49. The number of unbranched alkanes of at least 4 members (excludes halogenated alkanes) is 17. The van der Waals surface area contributed by atoms with Crippen LogP contribution in [0.3, 0.4) is 0 Å². The molecule has 0 saturated carbocycles. The second kappa shape index (κ2) is 29.6. The van der Waals surface area contributed by atoms with E-state index in [1.165, 1.54) is 109 Å². The van der Waals surface area contributed by atoms with Crippen LogP contribution < -0.4 is 0 Å². The molecular weight excluding hydrogens is 486 g/mol. The van der Waals surface area contributed by atoms with E-state index in [9.17, 15) is 9.59 Å². The van der Waals surface area contributed by atoms with Crippen molar-refractivity contribution < 1.29 is 19.4 Å². The molecule has 0 aliphatic rings. The summed E-state index contributed by atoms with van der Waals surface area (Å²) in [4.78, 5) is 25.0. The average Bonchev–Trinajstić information content (AvgIpc) is 2.89. The molecule has 0 aliphatic heterocycles. The van der Waals surface area contributed by atoms with Gasteiger partial charge in [0.05, 0.1) is 0 Å². The van der Waals surface area contributed by atoms with Crippen LogP contribution in [0.4, 0.5) is 0 Å². The molecule has 1 atom stereocenters. The lowest BCUT2D eigenvalue weighted by molar-refractivity contribution is -0.150. The van der Waals surface area contributed by atoms with Crippen molar-refractivity contribution in [2.45, 2.75) is 174 Å². The monoisotopic (exact) mass is 551 g/mol. The third kappa shape index (κ3) is 31.0. The summed E-state index contributed by atoms with van der Waals surface area (Å²) in [6.07, 6.45) is 33.0. The maximum Gasteiger partial charge on any atom is 0.306 e. The van der Waals surface area contributed by atoms with Gasteiger partial charge < -0.3 is 14.7 Å². The summed E-state index contributed by atoms with van der Waals surface area (Å²) in [6.45, 7) is 3.19. The summed E-state index contributed by atoms with van der Waals surface area (Å²) in [5.41, 5.74) is 0. The molecule has 0 spiro atoms. The van der Waals surface area contributed by atoms with Crippen LogP contribution in [-0.4, -0.2) is 48.7 Å². The topological polar surface area (TPSA) is 66.8 Å². The lowest BCUT2D eigenvalue weighted by Gasteiger charge is -2.18. The van der Waals surface area contributed by atoms with Crippen molar-refractivity contribution in [3.05, 3.63) is 12.2 Å². The summed E-state index contributed by atoms with van der Waals surface area (Å²) in [6, 6.07) is 0. The maximum absolute atomic E-state index is 12.4. The van der Waals surface area contributed by atoms with Crippen molar-refractivity contribution in [2.24, 2.45) is 0 Å². The highest BCUT2D eigenvalue weighted by Crippen LogP contribution is 2.18. The number of carboxylic acid groups (broad SMARTS) is 1. The van der Waals surface area contributed by atoms with Crippen LogP contribution in [0, 0.1) is 0 Å². The van der Waals surface area contributed by atoms with Gasteiger partial charge in [-0.25, -0.2) is 0 Å². The van der Waals surface area contributed by atoms with E-state index in [4.69, 9.17) is 9.84 Å². The predicted molar refractivity (Wildman–Crippen MR) is 166 cm³/mol. The Morgan fingerprint density at radius 1 is 0.641 bits per heavy atom. The molecule has 5 nitrogen and oxygen atoms in total. The minimum atomic E-state index is -0.672. The van der Waals surface area contributed by atoms with Crippen LogP contribution in [0.1, 0.15) is 167 Å². The molecule has 0 heterocycles. The van der Waals surface area contributed by atoms with Gasteiger partial charge in [-0.15, -0.1) is 0 Å². The fourth-order valence-corrected chi connectivity index (χ4v) is 5.02. The maximum atomic E-state index is 12.4. The van der Waals surface area contributed by atoms with E-state index < -0.39 is 5.97 Å². The highest BCUT2D eigenvalue weighted by Gasteiger charge is 2.14. The van der Waals surface area contributed by atoms with Crippen molar-refractivity contribution in [1.29, 1.82) is 0 Å². The highest BCUT2D eigenvalue weighted by atomic mass is 16.5. The Bertz CT molecular complexity index is 576. The molecule has 5 heteroatoms. The lowest BCUT2D eigenvalue weighted by atomic mass is 10.0. The van der Waals surface area contributed by atoms with E-state index >= 15 is 0 Å². The van der Waals surface area contributed by atoms with Gasteiger partial charge in [-0.1, -0.05) is 103 Å². The van der Waals surface area contributed by atoms with Crippen LogP contribution in [0.2, 0.25) is 0 Å². The van der Waals surface area contributed by atoms with Crippen molar-refractivity contribution in [3.63, 3.8) is 0 Å². The van der Waals surface area contributed by atoms with Crippen molar-refractivity contribution in [3.8, 4) is 0 Å². The smallest absolute Gasteiger partial charge is 0.306 e. The van der Waals surface area contributed by atoms with Gasteiger partial charge in [0.25, 0.3) is 0 Å². The molecule has 0 aromatic carbocycles. The number of hydrogen-bond donors (Lipinski definition) is 1. The molecule has 0 aromatic heterocycles. The normalized spacial score (nSPS) is 12.4. The number of carboxylic acids is 1. The highest BCUT2D eigenvalue weighted by molar-refractivity contribution is 5.69. The Balaban J connectivity index is 3.87. The minimum Gasteiger partial charge on any atom is -0.481 e. The summed E-state index contributed by atoms with van der Waals surface area (Å²) in [7, 11) is 4.09. The van der Waals surface area contributed by atoms with Gasteiger partial charge in [-0.2, -0.15) is 0 Å². The zero-order chi connectivity index (χ0) is 28.8. The third-order valence-electron chi connectivity index (χ3n) is 7.49. The number of aliphatic carboxylic acids is 1. The summed E-state index contributed by atoms with van der Waals surface area (Å²) < 4.78 is 5.92. The molecule has 0 saturated heterocycles. The lowest BCUT2D eigenvalue weighted by Crippen LogP contribution is -2.20. The van der Waals surface area contributed by atoms with Crippen LogP contribution in [0.5, 0.6) is 0 Å². The Labute approximate surface area is 242 Å². The number of hydrogen-bond acceptors (Lipinski definition) is 4. The molecule has 0 radical (unpaired) electrons. The number of allylic oxidation sites excluding steroid dienone is 2. The predicted octanol–water partition coefficient (Wildman–Crippen LogP) is 9.87. The minimum absolute atomic E-state index is 0.00864. The van der Waals surface area contributed by atoms with E-state index in [0.29, 0.717) is 12.8 Å². The molecule has 1 unspecified atom stereocenters. The largest absolute Gasteiger partial charge is 0.481 e. The van der Waals surface area contributed by atoms with Gasteiger partial charge in [-0.3, -0.25) is 9.59 Å².